The van der Waals surface area contributed by atoms with Gasteiger partial charge >= 0.3 is 0 Å². The third kappa shape index (κ3) is 4.59. The van der Waals surface area contributed by atoms with Gasteiger partial charge in [-0.3, -0.25) is 14.6 Å². The number of aromatic nitrogens is 4. The van der Waals surface area contributed by atoms with Crippen molar-refractivity contribution < 1.29 is 4.79 Å². The van der Waals surface area contributed by atoms with Crippen LogP contribution in [-0.4, -0.2) is 25.9 Å². The molecule has 2 aromatic heterocycles. The van der Waals surface area contributed by atoms with Crippen LogP contribution in [0.3, 0.4) is 0 Å². The van der Waals surface area contributed by atoms with Gasteiger partial charge in [0.05, 0.1) is 16.9 Å². The molecule has 0 aliphatic rings. The molecule has 0 atom stereocenters. The van der Waals surface area contributed by atoms with Crippen LogP contribution in [0, 0.1) is 6.92 Å². The smallest absolute Gasteiger partial charge is 0.273 e. The van der Waals surface area contributed by atoms with Gasteiger partial charge in [-0.05, 0) is 61.0 Å². The first-order valence-corrected chi connectivity index (χ1v) is 11.0. The summed E-state index contributed by atoms with van der Waals surface area (Å²) in [4.78, 5) is 12.6. The minimum atomic E-state index is -0.199. The van der Waals surface area contributed by atoms with Gasteiger partial charge in [0.15, 0.2) is 0 Å². The fourth-order valence-corrected chi connectivity index (χ4v) is 3.84. The molecule has 3 aromatic carbocycles. The van der Waals surface area contributed by atoms with Crippen molar-refractivity contribution in [3.05, 3.63) is 102 Å². The van der Waals surface area contributed by atoms with E-state index in [0.29, 0.717) is 11.4 Å². The van der Waals surface area contributed by atoms with E-state index < -0.39 is 0 Å². The summed E-state index contributed by atoms with van der Waals surface area (Å²) < 4.78 is 1.58. The molecule has 7 nitrogen and oxygen atoms in total. The van der Waals surface area contributed by atoms with Crippen LogP contribution in [0.2, 0.25) is 0 Å². The van der Waals surface area contributed by atoms with Crippen LogP contribution in [0.1, 0.15) is 27.4 Å². The number of amides is 1. The van der Waals surface area contributed by atoms with Gasteiger partial charge in [-0.2, -0.15) is 10.2 Å². The summed E-state index contributed by atoms with van der Waals surface area (Å²) in [5.74, 6) is -0.199. The average molecular weight is 449 g/mol. The maximum absolute atomic E-state index is 12.6. The lowest BCUT2D eigenvalue weighted by molar-refractivity contribution is 0.101. The Morgan fingerprint density at radius 3 is 2.50 bits per heavy atom. The largest absolute Gasteiger partial charge is 0.355 e. The van der Waals surface area contributed by atoms with Crippen LogP contribution < -0.4 is 10.6 Å². The number of fused-ring (bicyclic) bond motifs is 1. The highest BCUT2D eigenvalue weighted by atomic mass is 16.2. The van der Waals surface area contributed by atoms with Crippen molar-refractivity contribution in [3.63, 3.8) is 0 Å². The highest BCUT2D eigenvalue weighted by Gasteiger charge is 2.12. The van der Waals surface area contributed by atoms with Crippen LogP contribution in [0.5, 0.6) is 0 Å². The molecule has 0 spiro atoms. The van der Waals surface area contributed by atoms with E-state index in [1.165, 1.54) is 0 Å². The minimum Gasteiger partial charge on any atom is -0.355 e. The standard InChI is InChI=1S/C27H24N6O/c1-18-15-26(33(2)32-18)27(34)29-21-10-6-9-20(16-21)28-22-12-13-23-24(30-31-25(23)17-22)14-11-19-7-4-3-5-8-19/h3-17,28H,1-2H3,(H,29,34)(H,30,31)/b14-11+. The molecule has 0 unspecified atom stereocenters. The monoisotopic (exact) mass is 448 g/mol. The number of benzene rings is 3. The number of anilines is 3. The summed E-state index contributed by atoms with van der Waals surface area (Å²) in [6, 6.07) is 25.6. The molecule has 168 valence electrons. The maximum atomic E-state index is 12.6. The summed E-state index contributed by atoms with van der Waals surface area (Å²) in [6.07, 6.45) is 4.06. The van der Waals surface area contributed by atoms with Gasteiger partial charge in [0.2, 0.25) is 0 Å². The first-order valence-electron chi connectivity index (χ1n) is 11.0. The van der Waals surface area contributed by atoms with E-state index in [2.05, 4.69) is 38.1 Å². The quantitative estimate of drug-likeness (QED) is 0.308. The Kier molecular flexibility index (Phi) is 5.66. The SMILES string of the molecule is Cc1cc(C(=O)Nc2cccc(Nc3ccc4c(/C=C/c5ccccc5)n[nH]c4c3)c2)n(C)n1. The van der Waals surface area contributed by atoms with Gasteiger partial charge in [0, 0.05) is 29.5 Å². The number of rotatable bonds is 6. The van der Waals surface area contributed by atoms with Gasteiger partial charge in [-0.25, -0.2) is 0 Å². The van der Waals surface area contributed by atoms with Gasteiger partial charge < -0.3 is 10.6 Å². The van der Waals surface area contributed by atoms with E-state index >= 15 is 0 Å². The van der Waals surface area contributed by atoms with Crippen LogP contribution >= 0.6 is 0 Å². The molecule has 5 aromatic rings. The number of carbonyl (C=O) groups is 1. The molecule has 0 radical (unpaired) electrons. The second kappa shape index (κ2) is 9.07. The van der Waals surface area contributed by atoms with Gasteiger partial charge in [0.1, 0.15) is 5.69 Å². The van der Waals surface area contributed by atoms with Gasteiger partial charge in [-0.15, -0.1) is 0 Å². The maximum Gasteiger partial charge on any atom is 0.273 e. The molecule has 0 bridgehead atoms. The third-order valence-electron chi connectivity index (χ3n) is 5.47. The lowest BCUT2D eigenvalue weighted by Gasteiger charge is -2.10. The van der Waals surface area contributed by atoms with Crippen molar-refractivity contribution >= 4 is 46.0 Å². The predicted octanol–water partition coefficient (Wildman–Crippen LogP) is 5.77. The average Bonchev–Trinajstić information content (AvgIpc) is 3.40. The molecule has 3 N–H and O–H groups in total. The van der Waals surface area contributed by atoms with Crippen molar-refractivity contribution in [1.29, 1.82) is 0 Å². The summed E-state index contributed by atoms with van der Waals surface area (Å²) in [5.41, 5.74) is 6.75. The van der Waals surface area contributed by atoms with Crippen LogP contribution in [-0.2, 0) is 7.05 Å². The Morgan fingerprint density at radius 2 is 1.71 bits per heavy atom. The molecule has 0 aliphatic heterocycles. The molecule has 2 heterocycles. The first-order chi connectivity index (χ1) is 16.5. The zero-order valence-corrected chi connectivity index (χ0v) is 18.9. The molecular weight excluding hydrogens is 424 g/mol. The van der Waals surface area contributed by atoms with Gasteiger partial charge in [-0.1, -0.05) is 42.5 Å². The predicted molar refractivity (Wildman–Crippen MR) is 137 cm³/mol. The van der Waals surface area contributed by atoms with E-state index in [4.69, 9.17) is 0 Å². The van der Waals surface area contributed by atoms with Crippen LogP contribution in [0.4, 0.5) is 17.1 Å². The van der Waals surface area contributed by atoms with Crippen LogP contribution in [0.15, 0.2) is 78.9 Å². The Bertz CT molecular complexity index is 1500. The Morgan fingerprint density at radius 1 is 0.912 bits per heavy atom. The molecule has 7 heteroatoms. The van der Waals surface area contributed by atoms with Crippen molar-refractivity contribution in [3.8, 4) is 0 Å². The number of nitrogens with zero attached hydrogens (tertiary/aromatic N) is 3. The molecule has 1 amide bonds. The highest BCUT2D eigenvalue weighted by molar-refractivity contribution is 6.03. The molecule has 0 fully saturated rings. The topological polar surface area (TPSA) is 87.6 Å². The molecule has 0 saturated heterocycles. The van der Waals surface area contributed by atoms with E-state index in [0.717, 1.165) is 39.2 Å². The second-order valence-corrected chi connectivity index (χ2v) is 8.07. The minimum absolute atomic E-state index is 0.199. The fourth-order valence-electron chi connectivity index (χ4n) is 3.84. The van der Waals surface area contributed by atoms with Crippen molar-refractivity contribution in [2.75, 3.05) is 10.6 Å². The number of H-pyrrole nitrogens is 1. The van der Waals surface area contributed by atoms with E-state index in [1.807, 2.05) is 79.7 Å². The van der Waals surface area contributed by atoms with Crippen LogP contribution in [0.25, 0.3) is 23.1 Å². The normalized spacial score (nSPS) is 11.2. The van der Waals surface area contributed by atoms with Crippen molar-refractivity contribution in [2.45, 2.75) is 6.92 Å². The van der Waals surface area contributed by atoms with E-state index in [1.54, 1.807) is 17.8 Å². The fraction of sp³-hybridized carbons (Fsp3) is 0.0741. The number of carbonyl (C=O) groups excluding carboxylic acids is 1. The summed E-state index contributed by atoms with van der Waals surface area (Å²) in [6.45, 7) is 1.86. The number of hydrogen-bond donors (Lipinski definition) is 3. The molecular formula is C27H24N6O. The highest BCUT2D eigenvalue weighted by Crippen LogP contribution is 2.25. The Hall–Kier alpha value is -4.65. The van der Waals surface area contributed by atoms with Crippen molar-refractivity contribution in [1.82, 2.24) is 20.0 Å². The Labute approximate surface area is 197 Å². The Balaban J connectivity index is 1.31. The van der Waals surface area contributed by atoms with Crippen molar-refractivity contribution in [2.24, 2.45) is 7.05 Å². The van der Waals surface area contributed by atoms with E-state index in [-0.39, 0.29) is 5.91 Å². The lowest BCUT2D eigenvalue weighted by atomic mass is 10.1. The summed E-state index contributed by atoms with van der Waals surface area (Å²) in [7, 11) is 1.76. The number of nitrogens with one attached hydrogen (secondary N) is 3. The number of aromatic amines is 1. The summed E-state index contributed by atoms with van der Waals surface area (Å²) >= 11 is 0. The molecule has 0 aliphatic carbocycles. The molecule has 5 rings (SSSR count). The van der Waals surface area contributed by atoms with Gasteiger partial charge in [0.25, 0.3) is 5.91 Å². The zero-order valence-electron chi connectivity index (χ0n) is 18.9. The van der Waals surface area contributed by atoms with E-state index in [9.17, 15) is 4.79 Å². The second-order valence-electron chi connectivity index (χ2n) is 8.07. The number of hydrogen-bond acceptors (Lipinski definition) is 4. The molecule has 0 saturated carbocycles. The molecule has 34 heavy (non-hydrogen) atoms. The number of aryl methyl sites for hydroxylation is 2. The summed E-state index contributed by atoms with van der Waals surface area (Å²) in [5, 5.41) is 19.2. The third-order valence-corrected chi connectivity index (χ3v) is 5.47. The first kappa shape index (κ1) is 21.2. The lowest BCUT2D eigenvalue weighted by Crippen LogP contribution is -2.16. The zero-order chi connectivity index (χ0) is 23.5.